The summed E-state index contributed by atoms with van der Waals surface area (Å²) in [6, 6.07) is 5.08. The summed E-state index contributed by atoms with van der Waals surface area (Å²) in [5.74, 6) is 0. The third kappa shape index (κ3) is 3.56. The molecule has 24 heavy (non-hydrogen) atoms. The number of hydrogen-bond acceptors (Lipinski definition) is 5. The number of aldehydes is 1. The molecule has 9 heteroatoms. The van der Waals surface area contributed by atoms with Gasteiger partial charge in [0.05, 0.1) is 0 Å². The van der Waals surface area contributed by atoms with Crippen molar-refractivity contribution in [3.8, 4) is 0 Å². The first-order valence-electron chi connectivity index (χ1n) is 7.25. The highest BCUT2D eigenvalue weighted by Gasteiger charge is 2.34. The van der Waals surface area contributed by atoms with Gasteiger partial charge in [-0.15, -0.1) is 11.3 Å². The molecule has 1 aromatic heterocycles. The SMILES string of the molecule is [B]c1ccc(N2CC[C@H](Nc3nc(C(F)(F)F)cs3)C2)c(C=O)c1. The molecule has 1 fully saturated rings. The lowest BCUT2D eigenvalue weighted by Gasteiger charge is -2.21. The highest BCUT2D eigenvalue weighted by Crippen LogP contribution is 2.32. The largest absolute Gasteiger partial charge is 0.434 e. The van der Waals surface area contributed by atoms with E-state index in [0.29, 0.717) is 24.1 Å². The predicted octanol–water partition coefficient (Wildman–Crippen LogP) is 2.46. The number of benzene rings is 1. The Balaban J connectivity index is 1.68. The molecule has 1 aliphatic heterocycles. The Labute approximate surface area is 142 Å². The number of anilines is 2. The van der Waals surface area contributed by atoms with Crippen LogP contribution in [0.1, 0.15) is 22.5 Å². The summed E-state index contributed by atoms with van der Waals surface area (Å²) < 4.78 is 37.7. The molecule has 124 valence electrons. The molecule has 1 aromatic carbocycles. The maximum atomic E-state index is 12.6. The van der Waals surface area contributed by atoms with Gasteiger partial charge in [-0.1, -0.05) is 17.6 Å². The quantitative estimate of drug-likeness (QED) is 0.679. The Hall–Kier alpha value is -2.03. The lowest BCUT2D eigenvalue weighted by atomic mass is 9.94. The first kappa shape index (κ1) is 16.8. The van der Waals surface area contributed by atoms with Crippen LogP contribution in [-0.4, -0.2) is 38.2 Å². The van der Waals surface area contributed by atoms with Crippen molar-refractivity contribution in [3.63, 3.8) is 0 Å². The van der Waals surface area contributed by atoms with E-state index in [4.69, 9.17) is 7.85 Å². The number of thiazole rings is 1. The standard InChI is InChI=1S/C15H13BF3N3OS/c16-10-1-2-12(9(5-10)7-23)22-4-3-11(6-22)20-14-21-13(8-24-14)15(17,18)19/h1-2,5,7-8,11H,3-4,6H2,(H,20,21)/t11-/m0/s1. The van der Waals surface area contributed by atoms with Gasteiger partial charge in [-0.3, -0.25) is 4.79 Å². The third-order valence-corrected chi connectivity index (χ3v) is 4.60. The van der Waals surface area contributed by atoms with Crippen molar-refractivity contribution in [1.82, 2.24) is 4.98 Å². The molecule has 1 aliphatic rings. The average molecular weight is 351 g/mol. The van der Waals surface area contributed by atoms with Crippen LogP contribution in [0, 0.1) is 0 Å². The molecule has 0 saturated carbocycles. The van der Waals surface area contributed by atoms with Gasteiger partial charge in [0, 0.05) is 35.8 Å². The number of carbonyl (C=O) groups is 1. The van der Waals surface area contributed by atoms with E-state index >= 15 is 0 Å². The Kier molecular flexibility index (Phi) is 4.53. The van der Waals surface area contributed by atoms with Crippen LogP contribution in [0.15, 0.2) is 23.6 Å². The molecule has 0 aliphatic carbocycles. The van der Waals surface area contributed by atoms with Crippen LogP contribution in [0.3, 0.4) is 0 Å². The fourth-order valence-electron chi connectivity index (χ4n) is 2.70. The summed E-state index contributed by atoms with van der Waals surface area (Å²) >= 11 is 0.936. The summed E-state index contributed by atoms with van der Waals surface area (Å²) in [5, 5.41) is 4.29. The molecule has 0 spiro atoms. The topological polar surface area (TPSA) is 45.2 Å². The van der Waals surface area contributed by atoms with E-state index in [1.54, 1.807) is 18.2 Å². The Morgan fingerprint density at radius 2 is 2.21 bits per heavy atom. The maximum Gasteiger partial charge on any atom is 0.434 e. The monoisotopic (exact) mass is 351 g/mol. The fourth-order valence-corrected chi connectivity index (χ4v) is 3.49. The average Bonchev–Trinajstić information content (AvgIpc) is 3.16. The summed E-state index contributed by atoms with van der Waals surface area (Å²) in [7, 11) is 5.68. The second kappa shape index (κ2) is 6.47. The lowest BCUT2D eigenvalue weighted by Crippen LogP contribution is -2.27. The minimum Gasteiger partial charge on any atom is -0.369 e. The van der Waals surface area contributed by atoms with Gasteiger partial charge in [-0.05, 0) is 12.5 Å². The van der Waals surface area contributed by atoms with Crippen molar-refractivity contribution in [2.75, 3.05) is 23.3 Å². The fraction of sp³-hybridized carbons (Fsp3) is 0.333. The normalized spacial score (nSPS) is 18.0. The van der Waals surface area contributed by atoms with E-state index < -0.39 is 11.9 Å². The highest BCUT2D eigenvalue weighted by atomic mass is 32.1. The van der Waals surface area contributed by atoms with Gasteiger partial charge in [-0.2, -0.15) is 13.2 Å². The summed E-state index contributed by atoms with van der Waals surface area (Å²) in [6.45, 7) is 1.27. The number of rotatable bonds is 4. The van der Waals surface area contributed by atoms with E-state index in [0.717, 1.165) is 35.1 Å². The highest BCUT2D eigenvalue weighted by molar-refractivity contribution is 7.13. The molecular formula is C15H13BF3N3OS. The van der Waals surface area contributed by atoms with Crippen LogP contribution < -0.4 is 15.7 Å². The van der Waals surface area contributed by atoms with Crippen LogP contribution in [-0.2, 0) is 6.18 Å². The third-order valence-electron chi connectivity index (χ3n) is 3.83. The molecular weight excluding hydrogens is 338 g/mol. The van der Waals surface area contributed by atoms with Gasteiger partial charge in [0.25, 0.3) is 0 Å². The summed E-state index contributed by atoms with van der Waals surface area (Å²) in [5.41, 5.74) is 0.909. The zero-order chi connectivity index (χ0) is 17.3. The number of hydrogen-bond donors (Lipinski definition) is 1. The molecule has 1 atom stereocenters. The van der Waals surface area contributed by atoms with E-state index in [9.17, 15) is 18.0 Å². The smallest absolute Gasteiger partial charge is 0.369 e. The van der Waals surface area contributed by atoms with Crippen molar-refractivity contribution < 1.29 is 18.0 Å². The van der Waals surface area contributed by atoms with E-state index in [1.807, 2.05) is 4.90 Å². The molecule has 2 radical (unpaired) electrons. The second-order valence-electron chi connectivity index (χ2n) is 5.55. The molecule has 4 nitrogen and oxygen atoms in total. The first-order valence-corrected chi connectivity index (χ1v) is 8.13. The van der Waals surface area contributed by atoms with Crippen LogP contribution in [0.2, 0.25) is 0 Å². The second-order valence-corrected chi connectivity index (χ2v) is 6.41. The van der Waals surface area contributed by atoms with E-state index in [2.05, 4.69) is 10.3 Å². The number of alkyl halides is 3. The van der Waals surface area contributed by atoms with Gasteiger partial charge in [0.2, 0.25) is 0 Å². The minimum atomic E-state index is -4.43. The summed E-state index contributed by atoms with van der Waals surface area (Å²) in [6.07, 6.45) is -2.94. The molecule has 3 rings (SSSR count). The lowest BCUT2D eigenvalue weighted by molar-refractivity contribution is -0.140. The van der Waals surface area contributed by atoms with E-state index in [-0.39, 0.29) is 11.2 Å². The zero-order valence-corrected chi connectivity index (χ0v) is 13.3. The molecule has 0 amide bonds. The van der Waals surface area contributed by atoms with Crippen LogP contribution in [0.5, 0.6) is 0 Å². The maximum absolute atomic E-state index is 12.6. The molecule has 1 saturated heterocycles. The first-order chi connectivity index (χ1) is 11.4. The van der Waals surface area contributed by atoms with Crippen molar-refractivity contribution >= 4 is 41.8 Å². The molecule has 0 bridgehead atoms. The van der Waals surface area contributed by atoms with Crippen molar-refractivity contribution in [2.45, 2.75) is 18.6 Å². The van der Waals surface area contributed by atoms with Crippen molar-refractivity contribution in [2.24, 2.45) is 0 Å². The molecule has 0 unspecified atom stereocenters. The number of aromatic nitrogens is 1. The van der Waals surface area contributed by atoms with Crippen LogP contribution in [0.4, 0.5) is 24.0 Å². The van der Waals surface area contributed by atoms with Crippen LogP contribution >= 0.6 is 11.3 Å². The van der Waals surface area contributed by atoms with Crippen LogP contribution in [0.25, 0.3) is 0 Å². The molecule has 2 aromatic rings. The Morgan fingerprint density at radius 3 is 2.88 bits per heavy atom. The summed E-state index contributed by atoms with van der Waals surface area (Å²) in [4.78, 5) is 16.8. The number of halogens is 3. The van der Waals surface area contributed by atoms with Gasteiger partial charge < -0.3 is 10.2 Å². The predicted molar refractivity (Wildman–Crippen MR) is 88.6 cm³/mol. The van der Waals surface area contributed by atoms with Gasteiger partial charge in [0.1, 0.15) is 7.85 Å². The zero-order valence-electron chi connectivity index (χ0n) is 12.5. The van der Waals surface area contributed by atoms with Gasteiger partial charge >= 0.3 is 6.18 Å². The number of carbonyl (C=O) groups excluding carboxylic acids is 1. The Bertz CT molecular complexity index is 750. The Morgan fingerprint density at radius 1 is 1.42 bits per heavy atom. The molecule has 1 N–H and O–H groups in total. The van der Waals surface area contributed by atoms with Crippen molar-refractivity contribution in [3.05, 3.63) is 34.8 Å². The minimum absolute atomic E-state index is 0.0331. The van der Waals surface area contributed by atoms with Crippen molar-refractivity contribution in [1.29, 1.82) is 0 Å². The number of nitrogens with one attached hydrogen (secondary N) is 1. The van der Waals surface area contributed by atoms with E-state index in [1.165, 1.54) is 0 Å². The molecule has 2 heterocycles. The number of nitrogens with zero attached hydrogens (tertiary/aromatic N) is 2. The van der Waals surface area contributed by atoms with Gasteiger partial charge in [0.15, 0.2) is 17.1 Å². The van der Waals surface area contributed by atoms with Gasteiger partial charge in [-0.25, -0.2) is 4.98 Å².